The van der Waals surface area contributed by atoms with Gasteiger partial charge in [-0.05, 0) is 24.5 Å². The number of anilines is 1. The summed E-state index contributed by atoms with van der Waals surface area (Å²) in [7, 11) is 2.05. The summed E-state index contributed by atoms with van der Waals surface area (Å²) in [6.45, 7) is 0.955. The van der Waals surface area contributed by atoms with Crippen LogP contribution in [0, 0.1) is 10.1 Å². The molecule has 0 unspecified atom stereocenters. The minimum atomic E-state index is -0.311. The van der Waals surface area contributed by atoms with E-state index in [0.29, 0.717) is 0 Å². The number of hydrogen-bond acceptors (Lipinski definition) is 3. The second-order valence-electron chi connectivity index (χ2n) is 4.97. The fourth-order valence-electron chi connectivity index (χ4n) is 3.07. The predicted molar refractivity (Wildman–Crippen MR) is 66.4 cm³/mol. The van der Waals surface area contributed by atoms with E-state index in [9.17, 15) is 10.1 Å². The summed E-state index contributed by atoms with van der Waals surface area (Å²) in [4.78, 5) is 12.8. The van der Waals surface area contributed by atoms with Gasteiger partial charge in [-0.25, -0.2) is 0 Å². The third kappa shape index (κ3) is 1.37. The predicted octanol–water partition coefficient (Wildman–Crippen LogP) is 2.63. The van der Waals surface area contributed by atoms with Crippen molar-refractivity contribution in [1.29, 1.82) is 0 Å². The van der Waals surface area contributed by atoms with Gasteiger partial charge in [0.1, 0.15) is 0 Å². The van der Waals surface area contributed by atoms with Crippen LogP contribution in [0.15, 0.2) is 30.4 Å². The Morgan fingerprint density at radius 1 is 1.35 bits per heavy atom. The Hall–Kier alpha value is -1.84. The smallest absolute Gasteiger partial charge is 0.269 e. The molecule has 1 spiro atoms. The zero-order valence-corrected chi connectivity index (χ0v) is 9.72. The summed E-state index contributed by atoms with van der Waals surface area (Å²) in [6.07, 6.45) is 6.35. The van der Waals surface area contributed by atoms with Gasteiger partial charge in [0.25, 0.3) is 5.69 Å². The van der Waals surface area contributed by atoms with Gasteiger partial charge in [0.15, 0.2) is 0 Å². The van der Waals surface area contributed by atoms with Crippen LogP contribution in [0.3, 0.4) is 0 Å². The third-order valence-electron chi connectivity index (χ3n) is 3.90. The maximum atomic E-state index is 10.9. The molecule has 0 saturated heterocycles. The van der Waals surface area contributed by atoms with E-state index in [2.05, 4.69) is 24.1 Å². The molecule has 1 aromatic carbocycles. The molecule has 1 heterocycles. The lowest BCUT2D eigenvalue weighted by atomic mass is 9.80. The first-order valence-electron chi connectivity index (χ1n) is 5.77. The Bertz CT molecular complexity index is 514. The Morgan fingerprint density at radius 3 is 2.71 bits per heavy atom. The Labute approximate surface area is 99.7 Å². The molecule has 0 aromatic heterocycles. The monoisotopic (exact) mass is 230 g/mol. The SMILES string of the molecule is CN1CC2(CC=CC2)c2cc([N+](=O)[O-])ccc21. The highest BCUT2D eigenvalue weighted by Crippen LogP contribution is 2.48. The van der Waals surface area contributed by atoms with Crippen LogP contribution in [0.2, 0.25) is 0 Å². The molecular formula is C13H14N2O2. The summed E-state index contributed by atoms with van der Waals surface area (Å²) >= 11 is 0. The largest absolute Gasteiger partial charge is 0.373 e. The number of nitro benzene ring substituents is 1. The number of nitrogens with zero attached hydrogens (tertiary/aromatic N) is 2. The average molecular weight is 230 g/mol. The lowest BCUT2D eigenvalue weighted by Gasteiger charge is -2.23. The molecule has 0 amide bonds. The van der Waals surface area contributed by atoms with Gasteiger partial charge in [0, 0.05) is 36.8 Å². The summed E-state index contributed by atoms with van der Waals surface area (Å²) < 4.78 is 0. The van der Waals surface area contributed by atoms with E-state index < -0.39 is 0 Å². The lowest BCUT2D eigenvalue weighted by Crippen LogP contribution is -2.28. The van der Waals surface area contributed by atoms with Crippen LogP contribution in [-0.4, -0.2) is 18.5 Å². The van der Waals surface area contributed by atoms with Crippen LogP contribution in [0.5, 0.6) is 0 Å². The molecule has 4 nitrogen and oxygen atoms in total. The molecule has 3 rings (SSSR count). The molecule has 1 aromatic rings. The number of allylic oxidation sites excluding steroid dienone is 2. The molecule has 88 valence electrons. The molecular weight excluding hydrogens is 216 g/mol. The summed E-state index contributed by atoms with van der Waals surface area (Å²) in [5.74, 6) is 0. The van der Waals surface area contributed by atoms with Crippen LogP contribution in [0.4, 0.5) is 11.4 Å². The van der Waals surface area contributed by atoms with E-state index in [0.717, 1.165) is 30.6 Å². The first-order chi connectivity index (χ1) is 8.12. The highest BCUT2D eigenvalue weighted by Gasteiger charge is 2.42. The molecule has 0 radical (unpaired) electrons. The van der Waals surface area contributed by atoms with E-state index in [4.69, 9.17) is 0 Å². The first-order valence-corrected chi connectivity index (χ1v) is 5.77. The number of benzene rings is 1. The highest BCUT2D eigenvalue weighted by atomic mass is 16.6. The zero-order valence-electron chi connectivity index (χ0n) is 9.72. The van der Waals surface area contributed by atoms with E-state index in [1.54, 1.807) is 12.1 Å². The minimum absolute atomic E-state index is 0.0795. The van der Waals surface area contributed by atoms with Crippen LogP contribution in [-0.2, 0) is 5.41 Å². The van der Waals surface area contributed by atoms with Gasteiger partial charge in [-0.1, -0.05) is 12.2 Å². The number of hydrogen-bond donors (Lipinski definition) is 0. The van der Waals surface area contributed by atoms with Crippen LogP contribution >= 0.6 is 0 Å². The van der Waals surface area contributed by atoms with Crippen molar-refractivity contribution in [2.75, 3.05) is 18.5 Å². The van der Waals surface area contributed by atoms with Crippen molar-refractivity contribution in [2.45, 2.75) is 18.3 Å². The molecule has 0 fully saturated rings. The van der Waals surface area contributed by atoms with Crippen LogP contribution < -0.4 is 4.90 Å². The molecule has 2 aliphatic rings. The van der Waals surface area contributed by atoms with Crippen molar-refractivity contribution in [3.8, 4) is 0 Å². The minimum Gasteiger partial charge on any atom is -0.373 e. The standard InChI is InChI=1S/C13H14N2O2/c1-14-9-13(6-2-3-7-13)11-8-10(15(16)17)4-5-12(11)14/h2-5,8H,6-7,9H2,1H3. The Kier molecular flexibility index (Phi) is 2.02. The number of likely N-dealkylation sites (N-methyl/N-ethyl adjacent to an activating group) is 1. The Balaban J connectivity index is 2.13. The normalized spacial score (nSPS) is 19.9. The molecule has 0 N–H and O–H groups in total. The maximum absolute atomic E-state index is 10.9. The number of nitro groups is 1. The van der Waals surface area contributed by atoms with Gasteiger partial charge in [-0.2, -0.15) is 0 Å². The van der Waals surface area contributed by atoms with E-state index in [1.165, 1.54) is 0 Å². The molecule has 1 aliphatic heterocycles. The van der Waals surface area contributed by atoms with Crippen molar-refractivity contribution in [2.24, 2.45) is 0 Å². The van der Waals surface area contributed by atoms with Gasteiger partial charge in [-0.15, -0.1) is 0 Å². The average Bonchev–Trinajstić information content (AvgIpc) is 2.87. The maximum Gasteiger partial charge on any atom is 0.269 e. The number of non-ortho nitro benzene ring substituents is 1. The quantitative estimate of drug-likeness (QED) is 0.423. The Morgan fingerprint density at radius 2 is 2.06 bits per heavy atom. The molecule has 0 bridgehead atoms. The van der Waals surface area contributed by atoms with Crippen LogP contribution in [0.25, 0.3) is 0 Å². The topological polar surface area (TPSA) is 46.4 Å². The molecule has 17 heavy (non-hydrogen) atoms. The van der Waals surface area contributed by atoms with Gasteiger partial charge in [0.2, 0.25) is 0 Å². The van der Waals surface area contributed by atoms with Crippen molar-refractivity contribution < 1.29 is 4.92 Å². The highest BCUT2D eigenvalue weighted by molar-refractivity contribution is 5.66. The number of fused-ring (bicyclic) bond motifs is 2. The van der Waals surface area contributed by atoms with Crippen molar-refractivity contribution in [1.82, 2.24) is 0 Å². The summed E-state index contributed by atoms with van der Waals surface area (Å²) in [6, 6.07) is 5.23. The summed E-state index contributed by atoms with van der Waals surface area (Å²) in [5, 5.41) is 10.9. The van der Waals surface area contributed by atoms with E-state index in [1.807, 2.05) is 6.07 Å². The molecule has 1 aliphatic carbocycles. The number of rotatable bonds is 1. The lowest BCUT2D eigenvalue weighted by molar-refractivity contribution is -0.384. The molecule has 0 atom stereocenters. The van der Waals surface area contributed by atoms with Gasteiger partial charge in [0.05, 0.1) is 4.92 Å². The van der Waals surface area contributed by atoms with Gasteiger partial charge < -0.3 is 4.90 Å². The van der Waals surface area contributed by atoms with E-state index >= 15 is 0 Å². The van der Waals surface area contributed by atoms with Gasteiger partial charge in [-0.3, -0.25) is 10.1 Å². The fourth-order valence-corrected chi connectivity index (χ4v) is 3.07. The summed E-state index contributed by atoms with van der Waals surface area (Å²) in [5.41, 5.74) is 2.56. The van der Waals surface area contributed by atoms with E-state index in [-0.39, 0.29) is 16.0 Å². The van der Waals surface area contributed by atoms with Crippen molar-refractivity contribution >= 4 is 11.4 Å². The molecule has 0 saturated carbocycles. The fraction of sp³-hybridized carbons (Fsp3) is 0.385. The van der Waals surface area contributed by atoms with Crippen LogP contribution in [0.1, 0.15) is 18.4 Å². The molecule has 4 heteroatoms. The third-order valence-corrected chi connectivity index (χ3v) is 3.90. The second kappa shape index (κ2) is 3.32. The second-order valence-corrected chi connectivity index (χ2v) is 4.97. The first kappa shape index (κ1) is 10.3. The van der Waals surface area contributed by atoms with Gasteiger partial charge >= 0.3 is 0 Å². The van der Waals surface area contributed by atoms with Crippen molar-refractivity contribution in [3.05, 3.63) is 46.0 Å². The van der Waals surface area contributed by atoms with Crippen molar-refractivity contribution in [3.63, 3.8) is 0 Å². The zero-order chi connectivity index (χ0) is 12.0.